The van der Waals surface area contributed by atoms with E-state index in [9.17, 15) is 14.7 Å². The summed E-state index contributed by atoms with van der Waals surface area (Å²) in [4.78, 5) is 25.7. The highest BCUT2D eigenvalue weighted by Crippen LogP contribution is 2.31. The van der Waals surface area contributed by atoms with Crippen molar-refractivity contribution in [3.63, 3.8) is 0 Å². The van der Waals surface area contributed by atoms with E-state index in [1.165, 1.54) is 13.2 Å². The van der Waals surface area contributed by atoms with Crippen molar-refractivity contribution in [1.82, 2.24) is 10.2 Å². The first-order valence-electron chi connectivity index (χ1n) is 7.44. The Morgan fingerprint density at radius 3 is 2.60 bits per heavy atom. The van der Waals surface area contributed by atoms with Crippen molar-refractivity contribution in [1.29, 1.82) is 0 Å². The molecule has 0 aromatic heterocycles. The van der Waals surface area contributed by atoms with Crippen molar-refractivity contribution in [2.45, 2.75) is 6.54 Å². The van der Waals surface area contributed by atoms with Crippen molar-refractivity contribution >= 4 is 29.6 Å². The molecule has 2 N–H and O–H groups in total. The monoisotopic (exact) mass is 358 g/mol. The van der Waals surface area contributed by atoms with Gasteiger partial charge in [0.05, 0.1) is 13.7 Å². The number of methoxy groups -OCH3 is 1. The maximum absolute atomic E-state index is 12.5. The van der Waals surface area contributed by atoms with E-state index in [1.54, 1.807) is 42.5 Å². The molecule has 1 saturated heterocycles. The van der Waals surface area contributed by atoms with Gasteiger partial charge in [-0.25, -0.2) is 4.79 Å². The number of amides is 3. The van der Waals surface area contributed by atoms with Gasteiger partial charge in [0.2, 0.25) is 0 Å². The number of benzene rings is 2. The third kappa shape index (κ3) is 3.44. The van der Waals surface area contributed by atoms with Gasteiger partial charge in [-0.15, -0.1) is 0 Å². The van der Waals surface area contributed by atoms with Crippen LogP contribution in [0, 0.1) is 0 Å². The Kier molecular flexibility index (Phi) is 4.63. The lowest BCUT2D eigenvalue weighted by atomic mass is 10.1. The minimum atomic E-state index is -0.520. The molecule has 7 heteroatoms. The van der Waals surface area contributed by atoms with E-state index in [1.807, 2.05) is 0 Å². The van der Waals surface area contributed by atoms with Crippen molar-refractivity contribution in [2.24, 2.45) is 0 Å². The molecular formula is C18H15ClN2O4. The SMILES string of the molecule is COc1cccc(/C=C2\NC(=O)N(Cc3ccc(Cl)cc3)C2=O)c1O. The second-order valence-electron chi connectivity index (χ2n) is 5.40. The maximum Gasteiger partial charge on any atom is 0.329 e. The summed E-state index contributed by atoms with van der Waals surface area (Å²) in [5.74, 6) is -0.290. The fourth-order valence-corrected chi connectivity index (χ4v) is 2.59. The van der Waals surface area contributed by atoms with Gasteiger partial charge in [0, 0.05) is 10.6 Å². The second-order valence-corrected chi connectivity index (χ2v) is 5.84. The molecule has 0 radical (unpaired) electrons. The Morgan fingerprint density at radius 2 is 1.92 bits per heavy atom. The third-order valence-electron chi connectivity index (χ3n) is 3.77. The van der Waals surface area contributed by atoms with E-state index in [-0.39, 0.29) is 23.7 Å². The molecule has 1 heterocycles. The van der Waals surface area contributed by atoms with E-state index in [0.29, 0.717) is 10.6 Å². The Morgan fingerprint density at radius 1 is 1.20 bits per heavy atom. The zero-order valence-electron chi connectivity index (χ0n) is 13.3. The Balaban J connectivity index is 1.84. The van der Waals surface area contributed by atoms with Crippen molar-refractivity contribution in [2.75, 3.05) is 7.11 Å². The number of para-hydroxylation sites is 1. The smallest absolute Gasteiger partial charge is 0.329 e. The van der Waals surface area contributed by atoms with E-state index < -0.39 is 11.9 Å². The standard InChI is InChI=1S/C18H15ClN2O4/c1-25-15-4-2-3-12(16(15)22)9-14-17(23)21(18(24)20-14)10-11-5-7-13(19)8-6-11/h2-9,22H,10H2,1H3,(H,20,24)/b14-9-. The average Bonchev–Trinajstić information content (AvgIpc) is 2.86. The zero-order chi connectivity index (χ0) is 18.0. The van der Waals surface area contributed by atoms with Crippen LogP contribution in [0.1, 0.15) is 11.1 Å². The molecule has 3 amide bonds. The molecule has 0 atom stereocenters. The van der Waals surface area contributed by atoms with Crippen LogP contribution in [0.5, 0.6) is 11.5 Å². The number of imide groups is 1. The molecular weight excluding hydrogens is 344 g/mol. The molecule has 1 aliphatic heterocycles. The summed E-state index contributed by atoms with van der Waals surface area (Å²) < 4.78 is 5.04. The van der Waals surface area contributed by atoms with Gasteiger partial charge in [-0.3, -0.25) is 9.69 Å². The minimum absolute atomic E-state index is 0.0857. The number of hydrogen-bond acceptors (Lipinski definition) is 4. The molecule has 2 aromatic carbocycles. The molecule has 0 aliphatic carbocycles. The van der Waals surface area contributed by atoms with Crippen molar-refractivity contribution < 1.29 is 19.4 Å². The molecule has 1 aliphatic rings. The number of phenolic OH excluding ortho intramolecular Hbond substituents is 1. The van der Waals surface area contributed by atoms with Crippen LogP contribution in [0.2, 0.25) is 5.02 Å². The number of carbonyl (C=O) groups is 2. The predicted molar refractivity (Wildman–Crippen MR) is 93.2 cm³/mol. The highest BCUT2D eigenvalue weighted by molar-refractivity contribution is 6.30. The molecule has 1 fully saturated rings. The van der Waals surface area contributed by atoms with E-state index in [0.717, 1.165) is 10.5 Å². The van der Waals surface area contributed by atoms with Crippen LogP contribution in [0.4, 0.5) is 4.79 Å². The van der Waals surface area contributed by atoms with Crippen LogP contribution in [0.25, 0.3) is 6.08 Å². The van der Waals surface area contributed by atoms with Crippen LogP contribution < -0.4 is 10.1 Å². The molecule has 0 spiro atoms. The van der Waals surface area contributed by atoms with Gasteiger partial charge < -0.3 is 15.2 Å². The number of aromatic hydroxyl groups is 1. The number of phenols is 1. The number of hydrogen-bond donors (Lipinski definition) is 2. The molecule has 0 unspecified atom stereocenters. The lowest BCUT2D eigenvalue weighted by molar-refractivity contribution is -0.123. The van der Waals surface area contributed by atoms with E-state index in [2.05, 4.69) is 5.32 Å². The topological polar surface area (TPSA) is 78.9 Å². The fourth-order valence-electron chi connectivity index (χ4n) is 2.46. The zero-order valence-corrected chi connectivity index (χ0v) is 14.1. The Bertz CT molecular complexity index is 862. The lowest BCUT2D eigenvalue weighted by Crippen LogP contribution is -2.30. The van der Waals surface area contributed by atoms with Crippen LogP contribution in [0.15, 0.2) is 48.2 Å². The predicted octanol–water partition coefficient (Wildman–Crippen LogP) is 3.15. The Hall–Kier alpha value is -2.99. The van der Waals surface area contributed by atoms with Crippen molar-refractivity contribution in [3.05, 3.63) is 64.3 Å². The summed E-state index contributed by atoms with van der Waals surface area (Å²) in [6.07, 6.45) is 1.42. The summed E-state index contributed by atoms with van der Waals surface area (Å²) in [7, 11) is 1.43. The highest BCUT2D eigenvalue weighted by Gasteiger charge is 2.33. The van der Waals surface area contributed by atoms with Crippen LogP contribution in [-0.4, -0.2) is 29.1 Å². The van der Waals surface area contributed by atoms with Crippen LogP contribution >= 0.6 is 11.6 Å². The fraction of sp³-hybridized carbons (Fsp3) is 0.111. The number of ether oxygens (including phenoxy) is 1. The molecule has 3 rings (SSSR count). The van der Waals surface area contributed by atoms with Crippen LogP contribution in [0.3, 0.4) is 0 Å². The van der Waals surface area contributed by atoms with E-state index in [4.69, 9.17) is 16.3 Å². The first-order valence-corrected chi connectivity index (χ1v) is 7.82. The second kappa shape index (κ2) is 6.86. The normalized spacial score (nSPS) is 15.6. The van der Waals surface area contributed by atoms with Gasteiger partial charge in [-0.05, 0) is 29.8 Å². The maximum atomic E-state index is 12.5. The number of urea groups is 1. The molecule has 128 valence electrons. The summed E-state index contributed by atoms with van der Waals surface area (Å²) in [6.45, 7) is 0.128. The average molecular weight is 359 g/mol. The first-order chi connectivity index (χ1) is 12.0. The molecule has 0 bridgehead atoms. The van der Waals surface area contributed by atoms with Crippen LogP contribution in [-0.2, 0) is 11.3 Å². The van der Waals surface area contributed by atoms with Gasteiger partial charge in [0.25, 0.3) is 5.91 Å². The number of halogens is 1. The van der Waals surface area contributed by atoms with Gasteiger partial charge in [-0.2, -0.15) is 0 Å². The highest BCUT2D eigenvalue weighted by atomic mass is 35.5. The number of nitrogens with one attached hydrogen (secondary N) is 1. The molecule has 25 heavy (non-hydrogen) atoms. The minimum Gasteiger partial charge on any atom is -0.504 e. The summed E-state index contributed by atoms with van der Waals surface area (Å²) in [6, 6.07) is 11.3. The Labute approximate surface area is 149 Å². The molecule has 0 saturated carbocycles. The lowest BCUT2D eigenvalue weighted by Gasteiger charge is -2.11. The van der Waals surface area contributed by atoms with Crippen molar-refractivity contribution in [3.8, 4) is 11.5 Å². The van der Waals surface area contributed by atoms with Gasteiger partial charge in [0.1, 0.15) is 5.70 Å². The first kappa shape index (κ1) is 16.9. The van der Waals surface area contributed by atoms with Gasteiger partial charge >= 0.3 is 6.03 Å². The number of rotatable bonds is 4. The quantitative estimate of drug-likeness (QED) is 0.650. The summed E-state index contributed by atoms with van der Waals surface area (Å²) >= 11 is 5.84. The summed E-state index contributed by atoms with van der Waals surface area (Å²) in [5.41, 5.74) is 1.23. The largest absolute Gasteiger partial charge is 0.504 e. The number of nitrogens with zero attached hydrogens (tertiary/aromatic N) is 1. The van der Waals surface area contributed by atoms with Gasteiger partial charge in [0.15, 0.2) is 11.5 Å². The van der Waals surface area contributed by atoms with Gasteiger partial charge in [-0.1, -0.05) is 35.9 Å². The molecule has 2 aromatic rings. The third-order valence-corrected chi connectivity index (χ3v) is 4.02. The summed E-state index contributed by atoms with van der Waals surface area (Å²) in [5, 5.41) is 13.2. The number of carbonyl (C=O) groups excluding carboxylic acids is 2. The molecule has 6 nitrogen and oxygen atoms in total. The van der Waals surface area contributed by atoms with E-state index >= 15 is 0 Å².